The van der Waals surface area contributed by atoms with Gasteiger partial charge in [0, 0.05) is 17.1 Å². The lowest BCUT2D eigenvalue weighted by Crippen LogP contribution is -2.32. The molecule has 88 valence electrons. The molecular formula is C13H20N2S. The van der Waals surface area contributed by atoms with Crippen molar-refractivity contribution in [3.63, 3.8) is 0 Å². The molecule has 1 fully saturated rings. The normalized spacial score (nSPS) is 18.9. The van der Waals surface area contributed by atoms with Crippen molar-refractivity contribution < 1.29 is 0 Å². The minimum Gasteiger partial charge on any atom is -0.398 e. The second kappa shape index (κ2) is 5.11. The van der Waals surface area contributed by atoms with E-state index in [1.54, 1.807) is 0 Å². The lowest BCUT2D eigenvalue weighted by Gasteiger charge is -2.30. The largest absolute Gasteiger partial charge is 0.398 e. The number of piperidine rings is 1. The van der Waals surface area contributed by atoms with Crippen molar-refractivity contribution in [2.75, 3.05) is 18.8 Å². The molecule has 0 radical (unpaired) electrons. The molecule has 0 saturated carbocycles. The number of rotatable bonds is 2. The summed E-state index contributed by atoms with van der Waals surface area (Å²) >= 11 is 4.36. The van der Waals surface area contributed by atoms with E-state index in [-0.39, 0.29) is 0 Å². The van der Waals surface area contributed by atoms with Crippen molar-refractivity contribution in [2.45, 2.75) is 31.2 Å². The summed E-state index contributed by atoms with van der Waals surface area (Å²) in [6, 6.07) is 6.13. The minimum absolute atomic E-state index is 0.763. The fourth-order valence-electron chi connectivity index (χ4n) is 2.17. The summed E-state index contributed by atoms with van der Waals surface area (Å²) in [4.78, 5) is 3.40. The van der Waals surface area contributed by atoms with E-state index in [1.165, 1.54) is 31.5 Å². The van der Waals surface area contributed by atoms with Gasteiger partial charge in [0.2, 0.25) is 0 Å². The Balaban J connectivity index is 1.96. The fraction of sp³-hybridized carbons (Fsp3) is 0.538. The van der Waals surface area contributed by atoms with Crippen LogP contribution in [0, 0.1) is 5.92 Å². The lowest BCUT2D eigenvalue weighted by atomic mass is 9.99. The third-order valence-corrected chi connectivity index (χ3v) is 3.76. The predicted molar refractivity (Wildman–Crippen MR) is 71.8 cm³/mol. The van der Waals surface area contributed by atoms with E-state index >= 15 is 0 Å². The van der Waals surface area contributed by atoms with Crippen LogP contribution in [0.2, 0.25) is 0 Å². The van der Waals surface area contributed by atoms with Crippen LogP contribution in [0.5, 0.6) is 0 Å². The van der Waals surface area contributed by atoms with Gasteiger partial charge in [-0.25, -0.2) is 0 Å². The van der Waals surface area contributed by atoms with Crippen molar-refractivity contribution in [3.05, 3.63) is 23.8 Å². The zero-order valence-corrected chi connectivity index (χ0v) is 10.7. The van der Waals surface area contributed by atoms with Gasteiger partial charge in [-0.15, -0.1) is 12.6 Å². The Bertz CT molecular complexity index is 357. The van der Waals surface area contributed by atoms with Crippen LogP contribution in [0.4, 0.5) is 5.69 Å². The fourth-order valence-corrected chi connectivity index (χ4v) is 2.41. The van der Waals surface area contributed by atoms with Crippen LogP contribution >= 0.6 is 12.6 Å². The quantitative estimate of drug-likeness (QED) is 0.611. The zero-order chi connectivity index (χ0) is 11.5. The molecule has 0 aliphatic carbocycles. The van der Waals surface area contributed by atoms with Crippen molar-refractivity contribution in [3.8, 4) is 0 Å². The molecule has 2 N–H and O–H groups in total. The molecule has 3 heteroatoms. The maximum atomic E-state index is 5.75. The standard InChI is InChI=1S/C13H20N2S/c1-10-4-6-15(7-5-10)9-11-2-3-12(14)13(16)8-11/h2-3,8,10,16H,4-7,9,14H2,1H3. The average molecular weight is 236 g/mol. The summed E-state index contributed by atoms with van der Waals surface area (Å²) in [5.74, 6) is 0.892. The summed E-state index contributed by atoms with van der Waals surface area (Å²) in [5, 5.41) is 0. The van der Waals surface area contributed by atoms with Crippen molar-refractivity contribution >= 4 is 18.3 Å². The number of hydrogen-bond donors (Lipinski definition) is 2. The second-order valence-electron chi connectivity index (χ2n) is 4.85. The van der Waals surface area contributed by atoms with Crippen LogP contribution in [-0.4, -0.2) is 18.0 Å². The molecule has 0 unspecified atom stereocenters. The minimum atomic E-state index is 0.763. The SMILES string of the molecule is CC1CCN(Cc2ccc(N)c(S)c2)CC1. The Kier molecular flexibility index (Phi) is 3.77. The van der Waals surface area contributed by atoms with Gasteiger partial charge in [-0.1, -0.05) is 13.0 Å². The number of anilines is 1. The van der Waals surface area contributed by atoms with E-state index in [0.29, 0.717) is 0 Å². The van der Waals surface area contributed by atoms with E-state index in [0.717, 1.165) is 23.0 Å². The third kappa shape index (κ3) is 2.92. The van der Waals surface area contributed by atoms with Gasteiger partial charge in [0.1, 0.15) is 0 Å². The molecule has 0 amide bonds. The number of nitrogens with zero attached hydrogens (tertiary/aromatic N) is 1. The first kappa shape index (κ1) is 11.8. The summed E-state index contributed by atoms with van der Waals surface area (Å²) < 4.78 is 0. The molecule has 1 aliphatic rings. The monoisotopic (exact) mass is 236 g/mol. The number of nitrogen functional groups attached to an aromatic ring is 1. The predicted octanol–water partition coefficient (Wildman–Crippen LogP) is 2.79. The molecule has 1 saturated heterocycles. The van der Waals surface area contributed by atoms with E-state index in [9.17, 15) is 0 Å². The zero-order valence-electron chi connectivity index (χ0n) is 9.82. The Hall–Kier alpha value is -0.670. The lowest BCUT2D eigenvalue weighted by molar-refractivity contribution is 0.185. The van der Waals surface area contributed by atoms with E-state index in [1.807, 2.05) is 6.07 Å². The highest BCUT2D eigenvalue weighted by Crippen LogP contribution is 2.21. The molecule has 2 nitrogen and oxygen atoms in total. The molecule has 0 aromatic heterocycles. The van der Waals surface area contributed by atoms with Gasteiger partial charge in [0.15, 0.2) is 0 Å². The molecule has 1 heterocycles. The Morgan fingerprint density at radius 2 is 2.06 bits per heavy atom. The van der Waals surface area contributed by atoms with E-state index in [4.69, 9.17) is 5.73 Å². The number of benzene rings is 1. The van der Waals surface area contributed by atoms with Crippen molar-refractivity contribution in [1.82, 2.24) is 4.90 Å². The number of likely N-dealkylation sites (tertiary alicyclic amines) is 1. The molecule has 0 atom stereocenters. The highest BCUT2D eigenvalue weighted by atomic mass is 32.1. The summed E-state index contributed by atoms with van der Waals surface area (Å²) in [6.07, 6.45) is 2.64. The number of thiol groups is 1. The van der Waals surface area contributed by atoms with Gasteiger partial charge < -0.3 is 5.73 Å². The van der Waals surface area contributed by atoms with Crippen LogP contribution < -0.4 is 5.73 Å². The Morgan fingerprint density at radius 3 is 2.69 bits per heavy atom. The first-order valence-corrected chi connectivity index (χ1v) is 6.39. The van der Waals surface area contributed by atoms with E-state index < -0.39 is 0 Å². The number of nitrogens with two attached hydrogens (primary N) is 1. The molecule has 0 bridgehead atoms. The first-order valence-electron chi connectivity index (χ1n) is 5.95. The van der Waals surface area contributed by atoms with Gasteiger partial charge in [0.25, 0.3) is 0 Å². The molecular weight excluding hydrogens is 216 g/mol. The average Bonchev–Trinajstić information content (AvgIpc) is 2.27. The summed E-state index contributed by atoms with van der Waals surface area (Å²) in [5.41, 5.74) is 7.83. The van der Waals surface area contributed by atoms with Crippen molar-refractivity contribution in [1.29, 1.82) is 0 Å². The molecule has 1 aliphatic heterocycles. The maximum Gasteiger partial charge on any atom is 0.0449 e. The van der Waals surface area contributed by atoms with E-state index in [2.05, 4.69) is 36.6 Å². The topological polar surface area (TPSA) is 29.3 Å². The smallest absolute Gasteiger partial charge is 0.0449 e. The maximum absolute atomic E-state index is 5.75. The van der Waals surface area contributed by atoms with Crippen molar-refractivity contribution in [2.24, 2.45) is 5.92 Å². The molecule has 2 rings (SSSR count). The van der Waals surface area contributed by atoms with Crippen LogP contribution in [0.25, 0.3) is 0 Å². The van der Waals surface area contributed by atoms with Gasteiger partial charge >= 0.3 is 0 Å². The Labute approximate surface area is 103 Å². The van der Waals surface area contributed by atoms with Gasteiger partial charge in [-0.3, -0.25) is 4.90 Å². The molecule has 0 spiro atoms. The molecule has 16 heavy (non-hydrogen) atoms. The summed E-state index contributed by atoms with van der Waals surface area (Å²) in [7, 11) is 0. The van der Waals surface area contributed by atoms with Crippen LogP contribution in [0.1, 0.15) is 25.3 Å². The Morgan fingerprint density at radius 1 is 1.38 bits per heavy atom. The molecule has 1 aromatic carbocycles. The number of hydrogen-bond acceptors (Lipinski definition) is 3. The summed E-state index contributed by atoms with van der Waals surface area (Å²) in [6.45, 7) is 5.80. The highest BCUT2D eigenvalue weighted by molar-refractivity contribution is 7.80. The van der Waals surface area contributed by atoms with Gasteiger partial charge in [0.05, 0.1) is 0 Å². The van der Waals surface area contributed by atoms with Gasteiger partial charge in [-0.2, -0.15) is 0 Å². The highest BCUT2D eigenvalue weighted by Gasteiger charge is 2.15. The van der Waals surface area contributed by atoms with Gasteiger partial charge in [-0.05, 0) is 49.5 Å². The third-order valence-electron chi connectivity index (χ3n) is 3.38. The molecule has 1 aromatic rings. The van der Waals surface area contributed by atoms with Crippen LogP contribution in [0.3, 0.4) is 0 Å². The first-order chi connectivity index (χ1) is 7.65. The van der Waals surface area contributed by atoms with Crippen LogP contribution in [-0.2, 0) is 6.54 Å². The van der Waals surface area contributed by atoms with Crippen LogP contribution in [0.15, 0.2) is 23.1 Å². The second-order valence-corrected chi connectivity index (χ2v) is 5.33.